The van der Waals surface area contributed by atoms with Crippen molar-refractivity contribution in [2.75, 3.05) is 18.8 Å². The van der Waals surface area contributed by atoms with Crippen molar-refractivity contribution >= 4 is 10.0 Å². The Hall–Kier alpha value is -0.130. The Morgan fingerprint density at radius 1 is 1.43 bits per heavy atom. The summed E-state index contributed by atoms with van der Waals surface area (Å²) in [4.78, 5) is 0. The molecule has 0 aromatic heterocycles. The van der Waals surface area contributed by atoms with Crippen LogP contribution >= 0.6 is 0 Å². The topological polar surface area (TPSA) is 57.6 Å². The minimum atomic E-state index is -3.04. The van der Waals surface area contributed by atoms with Crippen molar-refractivity contribution in [1.29, 1.82) is 0 Å². The van der Waals surface area contributed by atoms with Gasteiger partial charge in [-0.25, -0.2) is 8.42 Å². The van der Waals surface area contributed by atoms with Crippen molar-refractivity contribution in [2.45, 2.75) is 32.8 Å². The maximum atomic E-state index is 11.4. The van der Waals surface area contributed by atoms with E-state index in [2.05, 4.69) is 0 Å². The molecule has 1 N–H and O–H groups in total. The number of aliphatic hydroxyl groups excluding tert-OH is 1. The molecular weight excluding hydrogens is 202 g/mol. The fourth-order valence-corrected chi connectivity index (χ4v) is 3.31. The van der Waals surface area contributed by atoms with Gasteiger partial charge in [-0.05, 0) is 18.8 Å². The Morgan fingerprint density at radius 2 is 2.07 bits per heavy atom. The zero-order valence-corrected chi connectivity index (χ0v) is 9.63. The van der Waals surface area contributed by atoms with Gasteiger partial charge in [-0.3, -0.25) is 0 Å². The zero-order valence-electron chi connectivity index (χ0n) is 8.81. The number of nitrogens with zero attached hydrogens (tertiary/aromatic N) is 1. The minimum absolute atomic E-state index is 0.237. The second kappa shape index (κ2) is 4.59. The van der Waals surface area contributed by atoms with Gasteiger partial charge < -0.3 is 5.11 Å². The Bertz CT molecular complexity index is 274. The van der Waals surface area contributed by atoms with E-state index in [-0.39, 0.29) is 12.3 Å². The fourth-order valence-electron chi connectivity index (χ4n) is 1.75. The van der Waals surface area contributed by atoms with E-state index in [1.807, 2.05) is 13.8 Å². The summed E-state index contributed by atoms with van der Waals surface area (Å²) in [5.41, 5.74) is 0. The van der Waals surface area contributed by atoms with E-state index in [1.165, 1.54) is 4.31 Å². The summed E-state index contributed by atoms with van der Waals surface area (Å²) in [5.74, 6) is 0.636. The Kier molecular flexibility index (Phi) is 3.92. The summed E-state index contributed by atoms with van der Waals surface area (Å²) in [6.07, 6.45) is 0.825. The van der Waals surface area contributed by atoms with Crippen LogP contribution in [0.4, 0.5) is 0 Å². The van der Waals surface area contributed by atoms with E-state index >= 15 is 0 Å². The molecule has 4 nitrogen and oxygen atoms in total. The Morgan fingerprint density at radius 3 is 2.50 bits per heavy atom. The monoisotopic (exact) mass is 221 g/mol. The van der Waals surface area contributed by atoms with Crippen LogP contribution < -0.4 is 0 Å². The quantitative estimate of drug-likeness (QED) is 0.749. The van der Waals surface area contributed by atoms with Gasteiger partial charge in [-0.2, -0.15) is 4.31 Å². The highest BCUT2D eigenvalue weighted by atomic mass is 32.2. The third kappa shape index (κ3) is 3.22. The molecule has 0 amide bonds. The predicted octanol–water partition coefficient (Wildman–Crippen LogP) is 0.429. The fraction of sp³-hybridized carbons (Fsp3) is 1.00. The number of aliphatic hydroxyl groups is 1. The van der Waals surface area contributed by atoms with E-state index < -0.39 is 16.1 Å². The summed E-state index contributed by atoms with van der Waals surface area (Å²) in [7, 11) is -3.04. The molecule has 1 heterocycles. The molecular formula is C9H19NO3S. The molecule has 1 saturated heterocycles. The van der Waals surface area contributed by atoms with Crippen LogP contribution in [-0.4, -0.2) is 42.8 Å². The molecule has 1 unspecified atom stereocenters. The maximum absolute atomic E-state index is 11.4. The van der Waals surface area contributed by atoms with Crippen molar-refractivity contribution in [3.63, 3.8) is 0 Å². The predicted molar refractivity (Wildman–Crippen MR) is 55.4 cm³/mol. The zero-order chi connectivity index (χ0) is 10.8. The summed E-state index contributed by atoms with van der Waals surface area (Å²) < 4.78 is 24.2. The molecule has 1 fully saturated rings. The second-order valence-electron chi connectivity index (χ2n) is 4.31. The average Bonchev–Trinajstić information content (AvgIpc) is 2.29. The van der Waals surface area contributed by atoms with Crippen LogP contribution in [0, 0.1) is 5.92 Å². The Balaban J connectivity index is 2.44. The molecule has 0 aromatic carbocycles. The molecule has 84 valence electrons. The SMILES string of the molecule is CC(C)CC(O)CN1CCCS1(=O)=O. The molecule has 14 heavy (non-hydrogen) atoms. The van der Waals surface area contributed by atoms with Crippen LogP contribution in [0.2, 0.25) is 0 Å². The van der Waals surface area contributed by atoms with Gasteiger partial charge in [0.2, 0.25) is 10.0 Å². The number of β-amino-alcohol motifs (C(OH)–C–C–N with tert-alkyl or cyclic N) is 1. The van der Waals surface area contributed by atoms with Crippen molar-refractivity contribution in [3.05, 3.63) is 0 Å². The summed E-state index contributed by atoms with van der Waals surface area (Å²) in [6.45, 7) is 4.86. The van der Waals surface area contributed by atoms with Gasteiger partial charge >= 0.3 is 0 Å². The highest BCUT2D eigenvalue weighted by molar-refractivity contribution is 7.89. The van der Waals surface area contributed by atoms with Gasteiger partial charge in [-0.1, -0.05) is 13.8 Å². The smallest absolute Gasteiger partial charge is 0.214 e. The van der Waals surface area contributed by atoms with Gasteiger partial charge in [0.1, 0.15) is 0 Å². The first kappa shape index (κ1) is 11.9. The molecule has 0 spiro atoms. The van der Waals surface area contributed by atoms with Crippen LogP contribution in [0.5, 0.6) is 0 Å². The lowest BCUT2D eigenvalue weighted by atomic mass is 10.1. The number of hydrogen-bond donors (Lipinski definition) is 1. The molecule has 1 rings (SSSR count). The largest absolute Gasteiger partial charge is 0.392 e. The third-order valence-corrected chi connectivity index (χ3v) is 4.28. The number of sulfonamides is 1. The lowest BCUT2D eigenvalue weighted by Gasteiger charge is -2.19. The van der Waals surface area contributed by atoms with E-state index in [9.17, 15) is 13.5 Å². The van der Waals surface area contributed by atoms with Gasteiger partial charge in [0.25, 0.3) is 0 Å². The summed E-state index contributed by atoms with van der Waals surface area (Å²) >= 11 is 0. The van der Waals surface area contributed by atoms with Crippen LogP contribution in [-0.2, 0) is 10.0 Å². The molecule has 0 saturated carbocycles. The maximum Gasteiger partial charge on any atom is 0.214 e. The number of hydrogen-bond acceptors (Lipinski definition) is 3. The van der Waals surface area contributed by atoms with E-state index in [1.54, 1.807) is 0 Å². The van der Waals surface area contributed by atoms with Crippen LogP contribution in [0.1, 0.15) is 26.7 Å². The molecule has 0 bridgehead atoms. The summed E-state index contributed by atoms with van der Waals surface area (Å²) in [5, 5.41) is 9.61. The number of rotatable bonds is 4. The third-order valence-electron chi connectivity index (χ3n) is 2.36. The highest BCUT2D eigenvalue weighted by Gasteiger charge is 2.29. The van der Waals surface area contributed by atoms with Crippen LogP contribution in [0.25, 0.3) is 0 Å². The first-order valence-corrected chi connectivity index (χ1v) is 6.68. The van der Waals surface area contributed by atoms with E-state index in [0.717, 1.165) is 0 Å². The van der Waals surface area contributed by atoms with Crippen molar-refractivity contribution in [2.24, 2.45) is 5.92 Å². The van der Waals surface area contributed by atoms with Crippen LogP contribution in [0.3, 0.4) is 0 Å². The van der Waals surface area contributed by atoms with E-state index in [0.29, 0.717) is 25.3 Å². The van der Waals surface area contributed by atoms with Gasteiger partial charge in [0.05, 0.1) is 11.9 Å². The first-order chi connectivity index (χ1) is 6.42. The molecule has 0 aliphatic carbocycles. The second-order valence-corrected chi connectivity index (χ2v) is 6.40. The highest BCUT2D eigenvalue weighted by Crippen LogP contribution is 2.15. The lowest BCUT2D eigenvalue weighted by molar-refractivity contribution is 0.126. The first-order valence-electron chi connectivity index (χ1n) is 5.07. The average molecular weight is 221 g/mol. The van der Waals surface area contributed by atoms with E-state index in [4.69, 9.17) is 0 Å². The normalized spacial score (nSPS) is 24.3. The minimum Gasteiger partial charge on any atom is -0.392 e. The molecule has 5 heteroatoms. The van der Waals surface area contributed by atoms with Crippen molar-refractivity contribution in [3.8, 4) is 0 Å². The van der Waals surface area contributed by atoms with Crippen molar-refractivity contribution in [1.82, 2.24) is 4.31 Å². The van der Waals surface area contributed by atoms with Gasteiger partial charge in [0, 0.05) is 13.1 Å². The molecule has 1 aliphatic rings. The standard InChI is InChI=1S/C9H19NO3S/c1-8(2)6-9(11)7-10-4-3-5-14(10,12)13/h8-9,11H,3-7H2,1-2H3. The van der Waals surface area contributed by atoms with Gasteiger partial charge in [0.15, 0.2) is 0 Å². The Labute approximate surface area is 86.0 Å². The lowest BCUT2D eigenvalue weighted by Crippen LogP contribution is -2.34. The van der Waals surface area contributed by atoms with Gasteiger partial charge in [-0.15, -0.1) is 0 Å². The van der Waals surface area contributed by atoms with Crippen molar-refractivity contribution < 1.29 is 13.5 Å². The molecule has 0 aromatic rings. The molecule has 1 aliphatic heterocycles. The van der Waals surface area contributed by atoms with Crippen LogP contribution in [0.15, 0.2) is 0 Å². The summed E-state index contributed by atoms with van der Waals surface area (Å²) in [6, 6.07) is 0. The molecule has 0 radical (unpaired) electrons. The molecule has 1 atom stereocenters.